The highest BCUT2D eigenvalue weighted by Crippen LogP contribution is 2.37. The Balaban J connectivity index is 1.95. The number of nitrogens with zero attached hydrogens (tertiary/aromatic N) is 1. The summed E-state index contributed by atoms with van der Waals surface area (Å²) in [5.74, 6) is 0. The van der Waals surface area contributed by atoms with Gasteiger partial charge in [-0.2, -0.15) is 0 Å². The molecule has 0 fully saturated rings. The summed E-state index contributed by atoms with van der Waals surface area (Å²) < 4.78 is 0. The van der Waals surface area contributed by atoms with Gasteiger partial charge in [0, 0.05) is 17.9 Å². The Morgan fingerprint density at radius 3 is 2.58 bits per heavy atom. The molecule has 1 heterocycles. The molecule has 0 atom stereocenters. The second-order valence-electron chi connectivity index (χ2n) is 7.24. The van der Waals surface area contributed by atoms with E-state index in [0.29, 0.717) is 0 Å². The minimum absolute atomic E-state index is 0.762. The van der Waals surface area contributed by atoms with E-state index in [-0.39, 0.29) is 0 Å². The molecule has 26 heavy (non-hydrogen) atoms. The minimum atomic E-state index is 0.762. The molecule has 0 radical (unpaired) electrons. The van der Waals surface area contributed by atoms with Gasteiger partial charge in [-0.3, -0.25) is 4.79 Å². The van der Waals surface area contributed by atoms with E-state index < -0.39 is 0 Å². The third-order valence-electron chi connectivity index (χ3n) is 5.16. The highest BCUT2D eigenvalue weighted by molar-refractivity contribution is 5.81. The fourth-order valence-corrected chi connectivity index (χ4v) is 3.78. The molecule has 3 rings (SSSR count). The Kier molecular flexibility index (Phi) is 6.27. The Bertz CT molecular complexity index is 791. The van der Waals surface area contributed by atoms with Crippen LogP contribution in [0.1, 0.15) is 56.2 Å². The molecule has 1 aliphatic rings. The Hall–Kier alpha value is -2.35. The van der Waals surface area contributed by atoms with Gasteiger partial charge in [-0.25, -0.2) is 0 Å². The lowest BCUT2D eigenvalue weighted by Gasteiger charge is -2.27. The molecule has 0 bridgehead atoms. The van der Waals surface area contributed by atoms with Crippen molar-refractivity contribution in [2.75, 3.05) is 11.4 Å². The van der Waals surface area contributed by atoms with Crippen LogP contribution in [0, 0.1) is 0 Å². The lowest BCUT2D eigenvalue weighted by atomic mass is 10.0. The average molecular weight is 348 g/mol. The van der Waals surface area contributed by atoms with Crippen molar-refractivity contribution < 1.29 is 4.79 Å². The molecular weight excluding hydrogens is 318 g/mol. The third kappa shape index (κ3) is 4.24. The fourth-order valence-electron chi connectivity index (χ4n) is 3.78. The van der Waals surface area contributed by atoms with Crippen LogP contribution in [0.25, 0.3) is 6.08 Å². The van der Waals surface area contributed by atoms with E-state index in [9.17, 15) is 4.79 Å². The monoisotopic (exact) mass is 347 g/mol. The van der Waals surface area contributed by atoms with Crippen molar-refractivity contribution in [2.45, 2.75) is 52.4 Å². The number of fused-ring (bicyclic) bond motifs is 2. The van der Waals surface area contributed by atoms with Gasteiger partial charge in [0.15, 0.2) is 0 Å². The van der Waals surface area contributed by atoms with Gasteiger partial charge in [0.2, 0.25) is 0 Å². The van der Waals surface area contributed by atoms with Crippen LogP contribution < -0.4 is 4.90 Å². The lowest BCUT2D eigenvalue weighted by Crippen LogP contribution is -2.19. The number of rotatable bonds is 7. The Labute approximate surface area is 157 Å². The number of aryl methyl sites for hydroxylation is 2. The normalized spacial score (nSPS) is 13.8. The van der Waals surface area contributed by atoms with Crippen LogP contribution >= 0.6 is 0 Å². The molecule has 0 unspecified atom stereocenters. The first-order valence-corrected chi connectivity index (χ1v) is 9.84. The SMILES string of the molecule is CCCCCCN1c2ccccc2CCc2cc(/C=C(\C)C=O)ccc21. The van der Waals surface area contributed by atoms with Crippen LogP contribution in [0.3, 0.4) is 0 Å². The highest BCUT2D eigenvalue weighted by atomic mass is 16.1. The van der Waals surface area contributed by atoms with Crippen molar-refractivity contribution in [1.82, 2.24) is 0 Å². The van der Waals surface area contributed by atoms with Crippen LogP contribution in [-0.4, -0.2) is 12.8 Å². The van der Waals surface area contributed by atoms with E-state index in [1.807, 2.05) is 13.0 Å². The van der Waals surface area contributed by atoms with Gasteiger partial charge in [-0.15, -0.1) is 0 Å². The van der Waals surface area contributed by atoms with Crippen LogP contribution in [0.4, 0.5) is 11.4 Å². The average Bonchev–Trinajstić information content (AvgIpc) is 2.82. The molecule has 136 valence electrons. The second-order valence-corrected chi connectivity index (χ2v) is 7.24. The van der Waals surface area contributed by atoms with Crippen LogP contribution in [-0.2, 0) is 17.6 Å². The maximum absolute atomic E-state index is 10.9. The van der Waals surface area contributed by atoms with Gasteiger partial charge >= 0.3 is 0 Å². The largest absolute Gasteiger partial charge is 0.341 e. The zero-order valence-electron chi connectivity index (χ0n) is 16.0. The molecule has 0 aromatic heterocycles. The molecule has 0 amide bonds. The van der Waals surface area contributed by atoms with Crippen molar-refractivity contribution in [3.8, 4) is 0 Å². The zero-order chi connectivity index (χ0) is 18.4. The zero-order valence-corrected chi connectivity index (χ0v) is 16.0. The number of para-hydroxylation sites is 1. The molecule has 2 aromatic rings. The third-order valence-corrected chi connectivity index (χ3v) is 5.16. The predicted octanol–water partition coefficient (Wildman–Crippen LogP) is 6.11. The molecule has 0 spiro atoms. The van der Waals surface area contributed by atoms with Crippen molar-refractivity contribution >= 4 is 23.7 Å². The topological polar surface area (TPSA) is 20.3 Å². The molecule has 0 aliphatic carbocycles. The summed E-state index contributed by atoms with van der Waals surface area (Å²) in [5, 5.41) is 0. The molecule has 2 nitrogen and oxygen atoms in total. The number of aldehydes is 1. The Morgan fingerprint density at radius 1 is 1.00 bits per heavy atom. The van der Waals surface area contributed by atoms with Gasteiger partial charge in [0.05, 0.1) is 0 Å². The molecule has 1 aliphatic heterocycles. The summed E-state index contributed by atoms with van der Waals surface area (Å²) in [7, 11) is 0. The van der Waals surface area contributed by atoms with Gasteiger partial charge in [0.1, 0.15) is 6.29 Å². The predicted molar refractivity (Wildman–Crippen MR) is 111 cm³/mol. The Morgan fingerprint density at radius 2 is 1.77 bits per heavy atom. The molecule has 0 saturated heterocycles. The second kappa shape index (κ2) is 8.84. The fraction of sp³-hybridized carbons (Fsp3) is 0.375. The molecule has 2 heteroatoms. The van der Waals surface area contributed by atoms with Crippen LogP contribution in [0.5, 0.6) is 0 Å². The van der Waals surface area contributed by atoms with Crippen molar-refractivity contribution in [2.24, 2.45) is 0 Å². The lowest BCUT2D eigenvalue weighted by molar-refractivity contribution is -0.104. The summed E-state index contributed by atoms with van der Waals surface area (Å²) >= 11 is 0. The smallest absolute Gasteiger partial charge is 0.145 e. The first-order valence-electron chi connectivity index (χ1n) is 9.84. The van der Waals surface area contributed by atoms with Gasteiger partial charge < -0.3 is 4.90 Å². The molecule has 0 saturated carbocycles. The first kappa shape index (κ1) is 18.4. The number of benzene rings is 2. The summed E-state index contributed by atoms with van der Waals surface area (Å²) in [4.78, 5) is 13.5. The van der Waals surface area contributed by atoms with E-state index >= 15 is 0 Å². The highest BCUT2D eigenvalue weighted by Gasteiger charge is 2.20. The maximum atomic E-state index is 10.9. The molecule has 0 N–H and O–H groups in total. The number of carbonyl (C=O) groups excluding carboxylic acids is 1. The van der Waals surface area contributed by atoms with Gasteiger partial charge in [0.25, 0.3) is 0 Å². The number of unbranched alkanes of at least 4 members (excludes halogenated alkanes) is 3. The standard InChI is InChI=1S/C24H29NO/c1-3-4-5-8-15-25-23-10-7-6-9-21(23)12-13-22-17-20(11-14-24(22)25)16-19(2)18-26/h6-7,9-11,14,16-18H,3-5,8,12-13,15H2,1-2H3/b19-16+. The summed E-state index contributed by atoms with van der Waals surface area (Å²) in [6.07, 6.45) is 10.1. The van der Waals surface area contributed by atoms with E-state index in [4.69, 9.17) is 0 Å². The van der Waals surface area contributed by atoms with Crippen molar-refractivity contribution in [3.05, 3.63) is 64.7 Å². The van der Waals surface area contributed by atoms with Crippen LogP contribution in [0.2, 0.25) is 0 Å². The number of hydrogen-bond acceptors (Lipinski definition) is 2. The minimum Gasteiger partial charge on any atom is -0.341 e. The maximum Gasteiger partial charge on any atom is 0.145 e. The van der Waals surface area contributed by atoms with Gasteiger partial charge in [-0.1, -0.05) is 50.5 Å². The number of carbonyl (C=O) groups is 1. The number of allylic oxidation sites excluding steroid dienone is 1. The van der Waals surface area contributed by atoms with E-state index in [2.05, 4.69) is 54.3 Å². The summed E-state index contributed by atoms with van der Waals surface area (Å²) in [6.45, 7) is 5.17. The van der Waals surface area contributed by atoms with E-state index in [0.717, 1.165) is 36.8 Å². The van der Waals surface area contributed by atoms with E-state index in [1.165, 1.54) is 48.2 Å². The molecule has 2 aromatic carbocycles. The van der Waals surface area contributed by atoms with Crippen molar-refractivity contribution in [1.29, 1.82) is 0 Å². The van der Waals surface area contributed by atoms with Gasteiger partial charge in [-0.05, 0) is 72.7 Å². The van der Waals surface area contributed by atoms with Crippen molar-refractivity contribution in [3.63, 3.8) is 0 Å². The summed E-state index contributed by atoms with van der Waals surface area (Å²) in [5.41, 5.74) is 7.37. The summed E-state index contributed by atoms with van der Waals surface area (Å²) in [6, 6.07) is 15.4. The first-order chi connectivity index (χ1) is 12.7. The number of anilines is 2. The number of hydrogen-bond donors (Lipinski definition) is 0. The van der Waals surface area contributed by atoms with E-state index in [1.54, 1.807) is 0 Å². The molecular formula is C24H29NO. The van der Waals surface area contributed by atoms with Crippen LogP contribution in [0.15, 0.2) is 48.0 Å². The quantitative estimate of drug-likeness (QED) is 0.342.